The molecule has 4 nitrogen and oxygen atoms in total. The number of aromatic nitrogens is 2. The number of imidazole rings is 1. The third kappa shape index (κ3) is 3.03. The zero-order valence-electron chi connectivity index (χ0n) is 11.6. The van der Waals surface area contributed by atoms with Gasteiger partial charge in [0.05, 0.1) is 12.1 Å². The Morgan fingerprint density at radius 3 is 2.90 bits per heavy atom. The number of carbonyl (C=O) groups excluding carboxylic acids is 1. The third-order valence-electron chi connectivity index (χ3n) is 3.31. The van der Waals surface area contributed by atoms with E-state index >= 15 is 0 Å². The minimum atomic E-state index is -0.0777. The van der Waals surface area contributed by atoms with Gasteiger partial charge in [-0.05, 0) is 30.0 Å². The van der Waals surface area contributed by atoms with Gasteiger partial charge in [0.25, 0.3) is 5.91 Å². The zero-order valence-corrected chi connectivity index (χ0v) is 12.4. The van der Waals surface area contributed by atoms with Gasteiger partial charge in [-0.15, -0.1) is 0 Å². The van der Waals surface area contributed by atoms with Crippen LogP contribution >= 0.6 is 11.3 Å². The second-order valence-electron chi connectivity index (χ2n) is 4.73. The van der Waals surface area contributed by atoms with Gasteiger partial charge in [-0.1, -0.05) is 18.2 Å². The van der Waals surface area contributed by atoms with Crippen LogP contribution in [0.3, 0.4) is 0 Å². The van der Waals surface area contributed by atoms with Crippen LogP contribution in [0.4, 0.5) is 5.69 Å². The van der Waals surface area contributed by atoms with E-state index in [1.54, 1.807) is 6.20 Å². The maximum absolute atomic E-state index is 12.2. The SMILES string of the molecule is Cc1nccn1Cc1ccccc1NC(=O)c1ccsc1. The molecule has 5 heteroatoms. The van der Waals surface area contributed by atoms with Crippen LogP contribution in [0.25, 0.3) is 0 Å². The second-order valence-corrected chi connectivity index (χ2v) is 5.51. The van der Waals surface area contributed by atoms with E-state index in [0.29, 0.717) is 12.1 Å². The van der Waals surface area contributed by atoms with Crippen molar-refractivity contribution in [2.75, 3.05) is 5.32 Å². The fourth-order valence-electron chi connectivity index (χ4n) is 2.12. The summed E-state index contributed by atoms with van der Waals surface area (Å²) < 4.78 is 2.05. The highest BCUT2D eigenvalue weighted by molar-refractivity contribution is 7.08. The van der Waals surface area contributed by atoms with E-state index in [-0.39, 0.29) is 5.91 Å². The Kier molecular flexibility index (Phi) is 3.83. The molecule has 0 atom stereocenters. The molecule has 0 fully saturated rings. The number of amides is 1. The fraction of sp³-hybridized carbons (Fsp3) is 0.125. The van der Waals surface area contributed by atoms with Gasteiger partial charge in [-0.2, -0.15) is 11.3 Å². The third-order valence-corrected chi connectivity index (χ3v) is 4.00. The summed E-state index contributed by atoms with van der Waals surface area (Å²) in [6.45, 7) is 2.65. The maximum atomic E-state index is 12.2. The zero-order chi connectivity index (χ0) is 14.7. The Labute approximate surface area is 127 Å². The summed E-state index contributed by atoms with van der Waals surface area (Å²) in [5.41, 5.74) is 2.58. The molecule has 3 aromatic rings. The molecule has 106 valence electrons. The molecule has 0 aliphatic carbocycles. The summed E-state index contributed by atoms with van der Waals surface area (Å²) in [6, 6.07) is 9.66. The van der Waals surface area contributed by atoms with Gasteiger partial charge in [-0.3, -0.25) is 4.79 Å². The lowest BCUT2D eigenvalue weighted by atomic mass is 10.1. The Morgan fingerprint density at radius 2 is 2.19 bits per heavy atom. The molecule has 2 aromatic heterocycles. The Bertz CT molecular complexity index is 746. The standard InChI is InChI=1S/C16H15N3OS/c1-12-17-7-8-19(12)10-13-4-2-3-5-15(13)18-16(20)14-6-9-21-11-14/h2-9,11H,10H2,1H3,(H,18,20). The van der Waals surface area contributed by atoms with Crippen LogP contribution in [0.1, 0.15) is 21.7 Å². The van der Waals surface area contributed by atoms with Crippen molar-refractivity contribution in [3.63, 3.8) is 0 Å². The molecule has 1 N–H and O–H groups in total. The molecule has 0 aliphatic heterocycles. The Balaban J connectivity index is 1.83. The van der Waals surface area contributed by atoms with E-state index in [1.165, 1.54) is 11.3 Å². The molecule has 1 aromatic carbocycles. The molecule has 0 saturated carbocycles. The predicted octanol–water partition coefficient (Wildman–Crippen LogP) is 3.55. The quantitative estimate of drug-likeness (QED) is 0.800. The van der Waals surface area contributed by atoms with Crippen LogP contribution in [0.5, 0.6) is 0 Å². The largest absolute Gasteiger partial charge is 0.331 e. The Morgan fingerprint density at radius 1 is 1.33 bits per heavy atom. The summed E-state index contributed by atoms with van der Waals surface area (Å²) in [5, 5.41) is 6.72. The smallest absolute Gasteiger partial charge is 0.256 e. The van der Waals surface area contributed by atoms with E-state index in [2.05, 4.69) is 14.9 Å². The topological polar surface area (TPSA) is 46.9 Å². The molecule has 0 unspecified atom stereocenters. The number of nitrogens with zero attached hydrogens (tertiary/aromatic N) is 2. The van der Waals surface area contributed by atoms with E-state index in [4.69, 9.17) is 0 Å². The van der Waals surface area contributed by atoms with Crippen LogP contribution in [-0.2, 0) is 6.54 Å². The van der Waals surface area contributed by atoms with Crippen molar-refractivity contribution in [3.8, 4) is 0 Å². The van der Waals surface area contributed by atoms with Gasteiger partial charge in [-0.25, -0.2) is 4.98 Å². The summed E-state index contributed by atoms with van der Waals surface area (Å²) in [6.07, 6.45) is 3.72. The molecule has 0 aliphatic rings. The molecule has 0 spiro atoms. The van der Waals surface area contributed by atoms with Crippen LogP contribution in [0.15, 0.2) is 53.5 Å². The van der Waals surface area contributed by atoms with E-state index in [0.717, 1.165) is 17.1 Å². The van der Waals surface area contributed by atoms with Crippen molar-refractivity contribution in [1.29, 1.82) is 0 Å². The van der Waals surface area contributed by atoms with Crippen molar-refractivity contribution < 1.29 is 4.79 Å². The number of benzene rings is 1. The number of carbonyl (C=O) groups is 1. The van der Waals surface area contributed by atoms with Gasteiger partial charge in [0, 0.05) is 23.5 Å². The summed E-state index contributed by atoms with van der Waals surface area (Å²) in [4.78, 5) is 16.4. The molecule has 3 rings (SSSR count). The number of nitrogens with one attached hydrogen (secondary N) is 1. The molecule has 2 heterocycles. The number of aryl methyl sites for hydroxylation is 1. The molecule has 0 saturated heterocycles. The first kappa shape index (κ1) is 13.6. The van der Waals surface area contributed by atoms with Gasteiger partial charge < -0.3 is 9.88 Å². The minimum absolute atomic E-state index is 0.0777. The maximum Gasteiger partial charge on any atom is 0.256 e. The number of anilines is 1. The highest BCUT2D eigenvalue weighted by Crippen LogP contribution is 2.18. The highest BCUT2D eigenvalue weighted by atomic mass is 32.1. The molecule has 21 heavy (non-hydrogen) atoms. The molecule has 1 amide bonds. The van der Waals surface area contributed by atoms with E-state index < -0.39 is 0 Å². The number of para-hydroxylation sites is 1. The first-order chi connectivity index (χ1) is 10.2. The van der Waals surface area contributed by atoms with E-state index in [1.807, 2.05) is 54.2 Å². The average Bonchev–Trinajstić information content (AvgIpc) is 3.13. The summed E-state index contributed by atoms with van der Waals surface area (Å²) in [5.74, 6) is 0.875. The van der Waals surface area contributed by atoms with Crippen LogP contribution < -0.4 is 5.32 Å². The van der Waals surface area contributed by atoms with Crippen LogP contribution in [0, 0.1) is 6.92 Å². The van der Waals surface area contributed by atoms with Crippen LogP contribution in [0.2, 0.25) is 0 Å². The first-order valence-corrected chi connectivity index (χ1v) is 7.57. The average molecular weight is 297 g/mol. The molecular weight excluding hydrogens is 282 g/mol. The fourth-order valence-corrected chi connectivity index (χ4v) is 2.76. The minimum Gasteiger partial charge on any atom is -0.331 e. The van der Waals surface area contributed by atoms with Gasteiger partial charge in [0.1, 0.15) is 5.82 Å². The van der Waals surface area contributed by atoms with Gasteiger partial charge in [0.2, 0.25) is 0 Å². The van der Waals surface area contributed by atoms with Crippen molar-refractivity contribution >= 4 is 22.9 Å². The lowest BCUT2D eigenvalue weighted by molar-refractivity contribution is 0.102. The van der Waals surface area contributed by atoms with E-state index in [9.17, 15) is 4.79 Å². The second kappa shape index (κ2) is 5.93. The van der Waals surface area contributed by atoms with Crippen molar-refractivity contribution in [3.05, 3.63) is 70.4 Å². The lowest BCUT2D eigenvalue weighted by Gasteiger charge is -2.12. The van der Waals surface area contributed by atoms with Gasteiger partial charge in [0.15, 0.2) is 0 Å². The molecule has 0 radical (unpaired) electrons. The Hall–Kier alpha value is -2.40. The number of thiophene rings is 1. The normalized spacial score (nSPS) is 10.5. The van der Waals surface area contributed by atoms with Gasteiger partial charge >= 0.3 is 0 Å². The molecular formula is C16H15N3OS. The number of hydrogen-bond donors (Lipinski definition) is 1. The number of hydrogen-bond acceptors (Lipinski definition) is 3. The summed E-state index contributed by atoms with van der Waals surface area (Å²) in [7, 11) is 0. The monoisotopic (exact) mass is 297 g/mol. The predicted molar refractivity (Wildman–Crippen MR) is 84.8 cm³/mol. The number of rotatable bonds is 4. The lowest BCUT2D eigenvalue weighted by Crippen LogP contribution is -2.13. The first-order valence-electron chi connectivity index (χ1n) is 6.63. The van der Waals surface area contributed by atoms with Crippen molar-refractivity contribution in [1.82, 2.24) is 9.55 Å². The summed E-state index contributed by atoms with van der Waals surface area (Å²) >= 11 is 1.52. The van der Waals surface area contributed by atoms with Crippen molar-refractivity contribution in [2.24, 2.45) is 0 Å². The van der Waals surface area contributed by atoms with Crippen molar-refractivity contribution in [2.45, 2.75) is 13.5 Å². The highest BCUT2D eigenvalue weighted by Gasteiger charge is 2.10. The molecule has 0 bridgehead atoms. The van der Waals surface area contributed by atoms with Crippen LogP contribution in [-0.4, -0.2) is 15.5 Å².